The minimum Gasteiger partial charge on any atom is -0.453 e. The molecule has 0 radical (unpaired) electrons. The quantitative estimate of drug-likeness (QED) is 0.350. The molecule has 8 nitrogen and oxygen atoms in total. The van der Waals surface area contributed by atoms with Gasteiger partial charge in [0, 0.05) is 29.7 Å². The summed E-state index contributed by atoms with van der Waals surface area (Å²) in [6.07, 6.45) is -2.84. The van der Waals surface area contributed by atoms with Crippen molar-refractivity contribution in [3.63, 3.8) is 0 Å². The number of alkyl halides is 3. The van der Waals surface area contributed by atoms with Crippen LogP contribution in [0.3, 0.4) is 0 Å². The number of aryl methyl sites for hydroxylation is 1. The van der Waals surface area contributed by atoms with Gasteiger partial charge in [-0.3, -0.25) is 4.79 Å². The van der Waals surface area contributed by atoms with Gasteiger partial charge in [-0.2, -0.15) is 18.3 Å². The Kier molecular flexibility index (Phi) is 6.31. The number of anilines is 2. The molecule has 0 atom stereocenters. The number of nitrogens with two attached hydrogens (primary N) is 1. The maximum Gasteiger partial charge on any atom is 0.434 e. The summed E-state index contributed by atoms with van der Waals surface area (Å²) >= 11 is 5.97. The van der Waals surface area contributed by atoms with Crippen LogP contribution >= 0.6 is 11.6 Å². The number of nitrogens with zero attached hydrogens (tertiary/aromatic N) is 4. The van der Waals surface area contributed by atoms with Gasteiger partial charge in [-0.05, 0) is 31.2 Å². The molecular weight excluding hydrogens is 492 g/mol. The highest BCUT2D eigenvalue weighted by atomic mass is 35.5. The fourth-order valence-electron chi connectivity index (χ4n) is 3.11. The van der Waals surface area contributed by atoms with Gasteiger partial charge in [0.05, 0.1) is 11.8 Å². The third-order valence-corrected chi connectivity index (χ3v) is 5.04. The van der Waals surface area contributed by atoms with E-state index in [4.69, 9.17) is 22.1 Å². The fourth-order valence-corrected chi connectivity index (χ4v) is 3.26. The summed E-state index contributed by atoms with van der Waals surface area (Å²) in [5.74, 6) is -2.40. The second kappa shape index (κ2) is 9.22. The lowest BCUT2D eigenvalue weighted by Gasteiger charge is -2.13. The highest BCUT2D eigenvalue weighted by Gasteiger charge is 2.41. The van der Waals surface area contributed by atoms with Crippen LogP contribution in [-0.4, -0.2) is 25.7 Å². The molecule has 0 aliphatic carbocycles. The zero-order valence-corrected chi connectivity index (χ0v) is 18.5. The first-order valence-electron chi connectivity index (χ1n) is 9.82. The lowest BCUT2D eigenvalue weighted by atomic mass is 10.2. The predicted octanol–water partition coefficient (Wildman–Crippen LogP) is 5.41. The van der Waals surface area contributed by atoms with Gasteiger partial charge >= 0.3 is 6.18 Å². The Morgan fingerprint density at radius 3 is 2.63 bits per heavy atom. The number of nitrogen functional groups attached to an aromatic ring is 1. The first kappa shape index (κ1) is 24.0. The Balaban J connectivity index is 1.60. The number of ether oxygens (including phenoxy) is 1. The third-order valence-electron chi connectivity index (χ3n) is 4.66. The number of rotatable bonds is 5. The summed E-state index contributed by atoms with van der Waals surface area (Å²) in [7, 11) is 0. The highest BCUT2D eigenvalue weighted by molar-refractivity contribution is 6.34. The first-order chi connectivity index (χ1) is 16.5. The molecule has 3 N–H and O–H groups in total. The summed E-state index contributed by atoms with van der Waals surface area (Å²) in [6.45, 7) is 1.60. The number of pyridine rings is 2. The maximum atomic E-state index is 14.6. The molecule has 1 aromatic carbocycles. The van der Waals surface area contributed by atoms with Crippen LogP contribution in [0.15, 0.2) is 54.9 Å². The van der Waals surface area contributed by atoms with E-state index < -0.39 is 29.2 Å². The first-order valence-corrected chi connectivity index (χ1v) is 10.2. The molecule has 13 heteroatoms. The second-order valence-corrected chi connectivity index (χ2v) is 7.54. The molecule has 0 fully saturated rings. The molecule has 0 saturated carbocycles. The van der Waals surface area contributed by atoms with Gasteiger partial charge in [0.2, 0.25) is 0 Å². The zero-order chi connectivity index (χ0) is 25.3. The number of amides is 1. The van der Waals surface area contributed by atoms with Gasteiger partial charge < -0.3 is 15.8 Å². The number of aromatic nitrogens is 4. The molecule has 0 spiro atoms. The molecule has 3 heterocycles. The lowest BCUT2D eigenvalue weighted by molar-refractivity contribution is -0.143. The smallest absolute Gasteiger partial charge is 0.434 e. The molecular formula is C22H15ClF4N6O2. The highest BCUT2D eigenvalue weighted by Crippen LogP contribution is 2.35. The van der Waals surface area contributed by atoms with Gasteiger partial charge in [-0.25, -0.2) is 19.0 Å². The van der Waals surface area contributed by atoms with E-state index in [1.807, 2.05) is 0 Å². The maximum absolute atomic E-state index is 14.6. The Labute approximate surface area is 200 Å². The minimum atomic E-state index is -4.93. The molecule has 1 amide bonds. The van der Waals surface area contributed by atoms with Crippen molar-refractivity contribution in [1.82, 2.24) is 19.7 Å². The topological polar surface area (TPSA) is 108 Å². The molecule has 0 saturated heterocycles. The normalized spacial score (nSPS) is 11.4. The minimum absolute atomic E-state index is 0.0182. The van der Waals surface area contributed by atoms with Crippen LogP contribution in [0.5, 0.6) is 11.5 Å². The summed E-state index contributed by atoms with van der Waals surface area (Å²) in [5, 5.41) is 5.91. The van der Waals surface area contributed by atoms with E-state index >= 15 is 0 Å². The van der Waals surface area contributed by atoms with Gasteiger partial charge in [0.1, 0.15) is 10.8 Å². The van der Waals surface area contributed by atoms with Gasteiger partial charge in [-0.1, -0.05) is 17.7 Å². The number of halogens is 5. The third kappa shape index (κ3) is 5.01. The average Bonchev–Trinajstić information content (AvgIpc) is 3.25. The molecule has 0 aliphatic heterocycles. The SMILES string of the molecule is Cc1cccc(-n2ncc(C(=O)Nc3ccc(Oc4ccnc(N)c4Cl)c(F)c3)c2C(F)(F)F)n1. The average molecular weight is 507 g/mol. The summed E-state index contributed by atoms with van der Waals surface area (Å²) in [4.78, 5) is 20.5. The van der Waals surface area contributed by atoms with E-state index in [2.05, 4.69) is 20.4 Å². The van der Waals surface area contributed by atoms with Crippen LogP contribution in [0.4, 0.5) is 29.1 Å². The van der Waals surface area contributed by atoms with Gasteiger partial charge in [0.15, 0.2) is 28.8 Å². The van der Waals surface area contributed by atoms with E-state index in [1.54, 1.807) is 13.0 Å². The van der Waals surface area contributed by atoms with Crippen molar-refractivity contribution >= 4 is 29.0 Å². The Bertz CT molecular complexity index is 1420. The zero-order valence-electron chi connectivity index (χ0n) is 17.8. The van der Waals surface area contributed by atoms with Crippen LogP contribution in [0.1, 0.15) is 21.7 Å². The molecule has 35 heavy (non-hydrogen) atoms. The monoisotopic (exact) mass is 506 g/mol. The largest absolute Gasteiger partial charge is 0.453 e. The van der Waals surface area contributed by atoms with Crippen molar-refractivity contribution in [3.05, 3.63) is 82.6 Å². The lowest BCUT2D eigenvalue weighted by Crippen LogP contribution is -2.21. The van der Waals surface area contributed by atoms with Crippen molar-refractivity contribution in [1.29, 1.82) is 0 Å². The fraction of sp³-hybridized carbons (Fsp3) is 0.0909. The van der Waals surface area contributed by atoms with Crippen LogP contribution in [0, 0.1) is 12.7 Å². The van der Waals surface area contributed by atoms with Crippen LogP contribution in [-0.2, 0) is 6.18 Å². The molecule has 4 aromatic rings. The van der Waals surface area contributed by atoms with E-state index in [-0.39, 0.29) is 33.8 Å². The summed E-state index contributed by atoms with van der Waals surface area (Å²) in [5.41, 5.74) is 3.84. The Hall–Kier alpha value is -4.19. The van der Waals surface area contributed by atoms with Crippen molar-refractivity contribution in [2.45, 2.75) is 13.1 Å². The van der Waals surface area contributed by atoms with Crippen LogP contribution in [0.2, 0.25) is 5.02 Å². The van der Waals surface area contributed by atoms with Gasteiger partial charge in [-0.15, -0.1) is 0 Å². The van der Waals surface area contributed by atoms with Crippen LogP contribution in [0.25, 0.3) is 5.82 Å². The summed E-state index contributed by atoms with van der Waals surface area (Å²) in [6, 6.07) is 9.11. The number of hydrogen-bond acceptors (Lipinski definition) is 6. The molecule has 180 valence electrons. The van der Waals surface area contributed by atoms with Crippen molar-refractivity contribution in [2.75, 3.05) is 11.1 Å². The predicted molar refractivity (Wildman–Crippen MR) is 119 cm³/mol. The Morgan fingerprint density at radius 1 is 1.17 bits per heavy atom. The number of carbonyl (C=O) groups is 1. The molecule has 0 unspecified atom stereocenters. The van der Waals surface area contributed by atoms with Gasteiger partial charge in [0.25, 0.3) is 5.91 Å². The summed E-state index contributed by atoms with van der Waals surface area (Å²) < 4.78 is 62.0. The van der Waals surface area contributed by atoms with E-state index in [9.17, 15) is 22.4 Å². The molecule has 3 aromatic heterocycles. The second-order valence-electron chi connectivity index (χ2n) is 7.16. The van der Waals surface area contributed by atoms with Crippen molar-refractivity contribution in [3.8, 4) is 17.3 Å². The number of carbonyl (C=O) groups excluding carboxylic acids is 1. The Morgan fingerprint density at radius 2 is 1.94 bits per heavy atom. The van der Waals surface area contributed by atoms with E-state index in [0.717, 1.165) is 12.3 Å². The number of nitrogens with one attached hydrogen (secondary N) is 1. The number of benzene rings is 1. The van der Waals surface area contributed by atoms with Crippen LogP contribution < -0.4 is 15.8 Å². The molecule has 4 rings (SSSR count). The standard InChI is InChI=1S/C22H15ClF4N6O2/c1-11-3-2-4-17(31-11)33-19(22(25,26)27)13(10-30-33)21(34)32-12-5-6-15(14(24)9-12)35-16-7-8-29-20(28)18(16)23/h2-10H,1H3,(H2,28,29)(H,32,34). The van der Waals surface area contributed by atoms with Crippen molar-refractivity contribution < 1.29 is 27.1 Å². The van der Waals surface area contributed by atoms with E-state index in [0.29, 0.717) is 10.4 Å². The van der Waals surface area contributed by atoms with E-state index in [1.165, 1.54) is 36.5 Å². The number of hydrogen-bond donors (Lipinski definition) is 2. The molecule has 0 aliphatic rings. The van der Waals surface area contributed by atoms with Crippen molar-refractivity contribution in [2.24, 2.45) is 0 Å². The molecule has 0 bridgehead atoms.